The van der Waals surface area contributed by atoms with Crippen molar-refractivity contribution in [2.24, 2.45) is 17.8 Å². The lowest BCUT2D eigenvalue weighted by atomic mass is 9.83. The second-order valence-electron chi connectivity index (χ2n) is 11.3. The van der Waals surface area contributed by atoms with Crippen molar-refractivity contribution < 1.29 is 19.1 Å². The molecule has 11 heteroatoms. The first-order valence-corrected chi connectivity index (χ1v) is 14.8. The van der Waals surface area contributed by atoms with Gasteiger partial charge in [-0.05, 0) is 62.5 Å². The Morgan fingerprint density at radius 2 is 1.93 bits per heavy atom. The summed E-state index contributed by atoms with van der Waals surface area (Å²) in [5, 5.41) is 3.28. The number of hydroxylamine groups is 1. The maximum Gasteiger partial charge on any atom is 0.427 e. The number of nitrogens with one attached hydrogen (secondary N) is 2. The van der Waals surface area contributed by atoms with E-state index >= 15 is 0 Å². The molecule has 6 rings (SSSR count). The Balaban J connectivity index is 1.54. The van der Waals surface area contributed by atoms with Crippen LogP contribution in [0.25, 0.3) is 22.3 Å². The zero-order chi connectivity index (χ0) is 27.6. The van der Waals surface area contributed by atoms with Crippen molar-refractivity contribution in [2.45, 2.75) is 71.2 Å². The molecule has 3 aromatic heterocycles. The highest BCUT2D eigenvalue weighted by atomic mass is 35.5. The summed E-state index contributed by atoms with van der Waals surface area (Å²) in [5.74, 6) is 2.54. The minimum absolute atomic E-state index is 0.162. The average molecular weight is 569 g/mol. The number of hydrogen-bond acceptors (Lipinski definition) is 8. The standard InChI is InChI=1S/C29H37ClN6O4/c1-3-39-26(19-8-10-38-11-9-19)28-33-22-13-23(27-34-29(37)40-35-27)32-24(20-12-21(30)15-31-14-20)25(22)36(28)16-18-6-4-17(2)5-7-18/h12-15,17-19,26-27,35H,3-11,16H2,1-2H3,(H,34,37). The van der Waals surface area contributed by atoms with E-state index in [2.05, 4.69) is 27.3 Å². The SMILES string of the molecule is CCOC(c1nc2cc(C3NOC(=O)N3)nc(-c3cncc(Cl)c3)c2n1CC1CCC(C)CC1)C1CCOCC1. The molecular weight excluding hydrogens is 532 g/mol. The normalized spacial score (nSPS) is 24.7. The Morgan fingerprint density at radius 3 is 2.62 bits per heavy atom. The van der Waals surface area contributed by atoms with Gasteiger partial charge in [0.05, 0.1) is 27.4 Å². The van der Waals surface area contributed by atoms with Crippen LogP contribution < -0.4 is 10.8 Å². The first kappa shape index (κ1) is 27.4. The first-order valence-electron chi connectivity index (χ1n) is 14.4. The van der Waals surface area contributed by atoms with Gasteiger partial charge in [-0.3, -0.25) is 10.3 Å². The van der Waals surface area contributed by atoms with Crippen molar-refractivity contribution in [3.63, 3.8) is 0 Å². The predicted octanol–water partition coefficient (Wildman–Crippen LogP) is 5.72. The zero-order valence-corrected chi connectivity index (χ0v) is 23.8. The van der Waals surface area contributed by atoms with Crippen LogP contribution in [-0.2, 0) is 20.9 Å². The van der Waals surface area contributed by atoms with Crippen molar-refractivity contribution in [1.29, 1.82) is 0 Å². The number of aromatic nitrogens is 4. The van der Waals surface area contributed by atoms with Gasteiger partial charge in [-0.1, -0.05) is 31.4 Å². The third kappa shape index (κ3) is 5.68. The minimum atomic E-state index is -0.602. The van der Waals surface area contributed by atoms with E-state index in [0.29, 0.717) is 29.2 Å². The van der Waals surface area contributed by atoms with Crippen LogP contribution in [0.2, 0.25) is 5.02 Å². The van der Waals surface area contributed by atoms with E-state index in [0.717, 1.165) is 66.6 Å². The van der Waals surface area contributed by atoms with Gasteiger partial charge < -0.3 is 18.9 Å². The highest BCUT2D eigenvalue weighted by Crippen LogP contribution is 2.39. The van der Waals surface area contributed by atoms with E-state index in [9.17, 15) is 4.79 Å². The summed E-state index contributed by atoms with van der Waals surface area (Å²) in [6.07, 6.45) is 8.78. The lowest BCUT2D eigenvalue weighted by Gasteiger charge is -2.32. The Bertz CT molecular complexity index is 1350. The summed E-state index contributed by atoms with van der Waals surface area (Å²) in [5.41, 5.74) is 6.55. The van der Waals surface area contributed by atoms with Crippen LogP contribution in [0, 0.1) is 17.8 Å². The Hall–Kier alpha value is -2.79. The second-order valence-corrected chi connectivity index (χ2v) is 11.7. The molecule has 3 fully saturated rings. The summed E-state index contributed by atoms with van der Waals surface area (Å²) in [6.45, 7) is 7.28. The molecule has 10 nitrogen and oxygen atoms in total. The Labute approximate surface area is 239 Å². The van der Waals surface area contributed by atoms with E-state index < -0.39 is 12.3 Å². The quantitative estimate of drug-likeness (QED) is 0.355. The van der Waals surface area contributed by atoms with Gasteiger partial charge in [-0.25, -0.2) is 14.8 Å². The molecule has 0 spiro atoms. The molecule has 3 aromatic rings. The number of rotatable bonds is 8. The smallest absolute Gasteiger partial charge is 0.381 e. The molecule has 2 saturated heterocycles. The summed E-state index contributed by atoms with van der Waals surface area (Å²) >= 11 is 6.41. The number of fused-ring (bicyclic) bond motifs is 1. The van der Waals surface area contributed by atoms with Crippen LogP contribution in [-0.4, -0.2) is 45.4 Å². The van der Waals surface area contributed by atoms with Crippen LogP contribution in [0.15, 0.2) is 24.5 Å². The number of ether oxygens (including phenoxy) is 2. The van der Waals surface area contributed by atoms with Gasteiger partial charge in [0, 0.05) is 44.3 Å². The van der Waals surface area contributed by atoms with E-state index in [1.165, 1.54) is 25.7 Å². The molecule has 0 radical (unpaired) electrons. The largest absolute Gasteiger partial charge is 0.427 e. The van der Waals surface area contributed by atoms with Gasteiger partial charge in [0.1, 0.15) is 11.9 Å². The number of amides is 1. The first-order chi connectivity index (χ1) is 19.5. The molecule has 1 amide bonds. The predicted molar refractivity (Wildman–Crippen MR) is 150 cm³/mol. The molecular formula is C29H37ClN6O4. The van der Waals surface area contributed by atoms with Crippen LogP contribution in [0.5, 0.6) is 0 Å². The van der Waals surface area contributed by atoms with Gasteiger partial charge in [-0.2, -0.15) is 0 Å². The van der Waals surface area contributed by atoms with Crippen LogP contribution in [0.4, 0.5) is 4.79 Å². The summed E-state index contributed by atoms with van der Waals surface area (Å²) in [4.78, 5) is 31.5. The molecule has 2 unspecified atom stereocenters. The summed E-state index contributed by atoms with van der Waals surface area (Å²) in [6, 6.07) is 3.80. The van der Waals surface area contributed by atoms with Crippen molar-refractivity contribution in [3.05, 3.63) is 41.1 Å². The van der Waals surface area contributed by atoms with Crippen molar-refractivity contribution in [1.82, 2.24) is 30.3 Å². The molecule has 2 aliphatic heterocycles. The van der Waals surface area contributed by atoms with Crippen LogP contribution >= 0.6 is 11.6 Å². The van der Waals surface area contributed by atoms with E-state index in [-0.39, 0.29) is 6.10 Å². The van der Waals surface area contributed by atoms with Gasteiger partial charge in [0.15, 0.2) is 6.17 Å². The fourth-order valence-electron chi connectivity index (χ4n) is 6.30. The lowest BCUT2D eigenvalue weighted by molar-refractivity contribution is -0.0370. The molecule has 0 aromatic carbocycles. The molecule has 1 aliphatic carbocycles. The minimum Gasteiger partial charge on any atom is -0.381 e. The molecule has 1 saturated carbocycles. The van der Waals surface area contributed by atoms with Gasteiger partial charge in [0.2, 0.25) is 0 Å². The van der Waals surface area contributed by atoms with Crippen molar-refractivity contribution in [3.8, 4) is 11.3 Å². The van der Waals surface area contributed by atoms with E-state index in [1.807, 2.05) is 19.1 Å². The van der Waals surface area contributed by atoms with Crippen LogP contribution in [0.1, 0.15) is 76.2 Å². The number of nitrogens with zero attached hydrogens (tertiary/aromatic N) is 4. The highest BCUT2D eigenvalue weighted by Gasteiger charge is 2.34. The maximum absolute atomic E-state index is 11.8. The average Bonchev–Trinajstić information content (AvgIpc) is 3.56. The van der Waals surface area contributed by atoms with Gasteiger partial charge >= 0.3 is 6.09 Å². The lowest BCUT2D eigenvalue weighted by Crippen LogP contribution is -2.27. The molecule has 0 bridgehead atoms. The van der Waals surface area contributed by atoms with E-state index in [1.54, 1.807) is 12.4 Å². The summed E-state index contributed by atoms with van der Waals surface area (Å²) < 4.78 is 14.5. The monoisotopic (exact) mass is 568 g/mol. The number of carbonyl (C=O) groups excluding carboxylic acids is 1. The van der Waals surface area contributed by atoms with Crippen molar-refractivity contribution >= 4 is 28.7 Å². The molecule has 2 N–H and O–H groups in total. The van der Waals surface area contributed by atoms with Crippen molar-refractivity contribution in [2.75, 3.05) is 19.8 Å². The third-order valence-electron chi connectivity index (χ3n) is 8.45. The second kappa shape index (κ2) is 12.0. The molecule has 5 heterocycles. The van der Waals surface area contributed by atoms with Gasteiger partial charge in [-0.15, -0.1) is 5.48 Å². The number of carbonyl (C=O) groups is 1. The molecule has 214 valence electrons. The fourth-order valence-corrected chi connectivity index (χ4v) is 6.47. The van der Waals surface area contributed by atoms with Gasteiger partial charge in [0.25, 0.3) is 0 Å². The number of imidazole rings is 1. The topological polar surface area (TPSA) is 112 Å². The zero-order valence-electron chi connectivity index (χ0n) is 23.1. The summed E-state index contributed by atoms with van der Waals surface area (Å²) in [7, 11) is 0. The van der Waals surface area contributed by atoms with Crippen LogP contribution in [0.3, 0.4) is 0 Å². The number of pyridine rings is 2. The number of hydrogen-bond donors (Lipinski definition) is 2. The molecule has 3 aliphatic rings. The highest BCUT2D eigenvalue weighted by molar-refractivity contribution is 6.30. The molecule has 2 atom stereocenters. The Morgan fingerprint density at radius 1 is 1.12 bits per heavy atom. The molecule has 40 heavy (non-hydrogen) atoms. The Kier molecular flexibility index (Phi) is 8.20. The number of halogens is 1. The maximum atomic E-state index is 11.8. The van der Waals surface area contributed by atoms with E-state index in [4.69, 9.17) is 35.9 Å². The third-order valence-corrected chi connectivity index (χ3v) is 8.66. The fraction of sp³-hybridized carbons (Fsp3) is 0.586.